The summed E-state index contributed by atoms with van der Waals surface area (Å²) in [5.41, 5.74) is 3.83. The van der Waals surface area contributed by atoms with Crippen LogP contribution < -0.4 is 4.74 Å². The highest BCUT2D eigenvalue weighted by Crippen LogP contribution is 2.26. The topological polar surface area (TPSA) is 47.9 Å². The summed E-state index contributed by atoms with van der Waals surface area (Å²) in [6.45, 7) is 2.51. The molecule has 0 N–H and O–H groups in total. The Balaban J connectivity index is 1.74. The van der Waals surface area contributed by atoms with E-state index in [1.54, 1.807) is 0 Å². The van der Waals surface area contributed by atoms with Crippen LogP contribution in [0.3, 0.4) is 0 Å². The summed E-state index contributed by atoms with van der Waals surface area (Å²) in [5, 5.41) is 0.915. The van der Waals surface area contributed by atoms with Crippen molar-refractivity contribution < 1.29 is 4.74 Å². The fraction of sp³-hybridized carbons (Fsp3) is 0.136. The van der Waals surface area contributed by atoms with E-state index in [0.29, 0.717) is 18.3 Å². The van der Waals surface area contributed by atoms with E-state index in [1.807, 2.05) is 67.6 Å². The first-order valence-corrected chi connectivity index (χ1v) is 8.73. The average Bonchev–Trinajstić information content (AvgIpc) is 2.69. The molecule has 0 unspecified atom stereocenters. The monoisotopic (exact) mass is 341 g/mol. The quantitative estimate of drug-likeness (QED) is 0.529. The Morgan fingerprint density at radius 1 is 0.769 bits per heavy atom. The Morgan fingerprint density at radius 2 is 1.58 bits per heavy atom. The number of pyridine rings is 1. The maximum absolute atomic E-state index is 5.73. The Bertz CT molecular complexity index is 1030. The predicted molar refractivity (Wildman–Crippen MR) is 103 cm³/mol. The van der Waals surface area contributed by atoms with Crippen molar-refractivity contribution in [3.63, 3.8) is 0 Å². The van der Waals surface area contributed by atoms with Crippen LogP contribution in [0.4, 0.5) is 0 Å². The second-order valence-electron chi connectivity index (χ2n) is 5.98. The molecule has 0 atom stereocenters. The molecule has 4 heteroatoms. The third-order valence-corrected chi connectivity index (χ3v) is 4.11. The normalized spacial score (nSPS) is 10.8. The van der Waals surface area contributed by atoms with Crippen LogP contribution in [0.1, 0.15) is 18.2 Å². The van der Waals surface area contributed by atoms with Gasteiger partial charge in [0, 0.05) is 12.1 Å². The van der Waals surface area contributed by atoms with Gasteiger partial charge in [-0.2, -0.15) is 4.98 Å². The van der Waals surface area contributed by atoms with Crippen LogP contribution in [0, 0.1) is 0 Å². The van der Waals surface area contributed by atoms with Crippen molar-refractivity contribution in [2.75, 3.05) is 6.61 Å². The van der Waals surface area contributed by atoms with E-state index >= 15 is 0 Å². The van der Waals surface area contributed by atoms with Gasteiger partial charge in [0.1, 0.15) is 5.69 Å². The Morgan fingerprint density at radius 3 is 2.42 bits per heavy atom. The van der Waals surface area contributed by atoms with Crippen LogP contribution >= 0.6 is 0 Å². The highest BCUT2D eigenvalue weighted by Gasteiger charge is 2.11. The van der Waals surface area contributed by atoms with E-state index < -0.39 is 0 Å². The second-order valence-corrected chi connectivity index (χ2v) is 5.98. The first kappa shape index (κ1) is 16.2. The highest BCUT2D eigenvalue weighted by atomic mass is 16.5. The average molecular weight is 341 g/mol. The molecule has 0 bridgehead atoms. The van der Waals surface area contributed by atoms with E-state index in [2.05, 4.69) is 22.1 Å². The summed E-state index contributed by atoms with van der Waals surface area (Å²) in [6.07, 6.45) is 0.778. The van der Waals surface area contributed by atoms with Crippen molar-refractivity contribution in [3.8, 4) is 17.4 Å². The number of para-hydroxylation sites is 1. The predicted octanol–water partition coefficient (Wildman–Crippen LogP) is 4.68. The first-order chi connectivity index (χ1) is 12.8. The molecule has 0 saturated carbocycles. The van der Waals surface area contributed by atoms with Gasteiger partial charge in [-0.3, -0.25) is 0 Å². The SMILES string of the molecule is CCOc1nc(-c2cccc(Cc3ccccc3)n2)nc2ccccc12. The number of fused-ring (bicyclic) bond motifs is 1. The molecular formula is C22H19N3O. The van der Waals surface area contributed by atoms with E-state index in [4.69, 9.17) is 9.72 Å². The fourth-order valence-electron chi connectivity index (χ4n) is 2.92. The molecule has 128 valence electrons. The van der Waals surface area contributed by atoms with Crippen molar-refractivity contribution in [2.24, 2.45) is 0 Å². The van der Waals surface area contributed by atoms with Crippen molar-refractivity contribution in [1.82, 2.24) is 15.0 Å². The second kappa shape index (κ2) is 7.31. The molecule has 0 spiro atoms. The summed E-state index contributed by atoms with van der Waals surface area (Å²) >= 11 is 0. The van der Waals surface area contributed by atoms with Crippen molar-refractivity contribution >= 4 is 10.9 Å². The Labute approximate surface area is 152 Å². The van der Waals surface area contributed by atoms with Gasteiger partial charge in [0.05, 0.1) is 17.5 Å². The number of benzene rings is 2. The largest absolute Gasteiger partial charge is 0.477 e. The van der Waals surface area contributed by atoms with E-state index in [9.17, 15) is 0 Å². The lowest BCUT2D eigenvalue weighted by molar-refractivity contribution is 0.331. The first-order valence-electron chi connectivity index (χ1n) is 8.73. The summed E-state index contributed by atoms with van der Waals surface area (Å²) in [4.78, 5) is 14.1. The molecule has 0 radical (unpaired) electrons. The molecule has 2 aromatic heterocycles. The zero-order valence-electron chi connectivity index (χ0n) is 14.6. The number of aromatic nitrogens is 3. The molecule has 2 heterocycles. The standard InChI is InChI=1S/C22H19N3O/c1-2-26-22-18-12-6-7-13-19(18)24-21(25-22)20-14-8-11-17(23-20)15-16-9-4-3-5-10-16/h3-14H,2,15H2,1H3. The minimum absolute atomic E-state index is 0.557. The van der Waals surface area contributed by atoms with Gasteiger partial charge in [-0.25, -0.2) is 9.97 Å². The molecule has 4 nitrogen and oxygen atoms in total. The van der Waals surface area contributed by atoms with Crippen LogP contribution in [0.2, 0.25) is 0 Å². The van der Waals surface area contributed by atoms with Crippen LogP contribution in [-0.4, -0.2) is 21.6 Å². The zero-order valence-corrected chi connectivity index (χ0v) is 14.6. The molecule has 2 aromatic carbocycles. The van der Waals surface area contributed by atoms with Crippen LogP contribution in [0.25, 0.3) is 22.4 Å². The van der Waals surface area contributed by atoms with Gasteiger partial charge < -0.3 is 4.74 Å². The minimum Gasteiger partial charge on any atom is -0.477 e. The summed E-state index contributed by atoms with van der Waals surface area (Å²) in [7, 11) is 0. The molecule has 0 fully saturated rings. The molecule has 0 amide bonds. The van der Waals surface area contributed by atoms with Gasteiger partial charge in [-0.15, -0.1) is 0 Å². The number of ether oxygens (including phenoxy) is 1. The molecule has 4 aromatic rings. The lowest BCUT2D eigenvalue weighted by Gasteiger charge is -2.09. The Kier molecular flexibility index (Phi) is 4.56. The lowest BCUT2D eigenvalue weighted by Crippen LogP contribution is -2.01. The number of nitrogens with zero attached hydrogens (tertiary/aromatic N) is 3. The minimum atomic E-state index is 0.557. The van der Waals surface area contributed by atoms with Gasteiger partial charge >= 0.3 is 0 Å². The van der Waals surface area contributed by atoms with Gasteiger partial charge in [0.25, 0.3) is 0 Å². The lowest BCUT2D eigenvalue weighted by atomic mass is 10.1. The number of hydrogen-bond donors (Lipinski definition) is 0. The van der Waals surface area contributed by atoms with E-state index in [-0.39, 0.29) is 0 Å². The maximum atomic E-state index is 5.73. The smallest absolute Gasteiger partial charge is 0.225 e. The zero-order chi connectivity index (χ0) is 17.8. The molecule has 26 heavy (non-hydrogen) atoms. The Hall–Kier alpha value is -3.27. The molecule has 0 aliphatic carbocycles. The van der Waals surface area contributed by atoms with Gasteiger partial charge in [-0.1, -0.05) is 48.5 Å². The third-order valence-electron chi connectivity index (χ3n) is 4.11. The van der Waals surface area contributed by atoms with Crippen molar-refractivity contribution in [1.29, 1.82) is 0 Å². The summed E-state index contributed by atoms with van der Waals surface area (Å²) < 4.78 is 5.73. The van der Waals surface area contributed by atoms with Gasteiger partial charge in [0.15, 0.2) is 5.82 Å². The van der Waals surface area contributed by atoms with Gasteiger partial charge in [-0.05, 0) is 36.8 Å². The third kappa shape index (κ3) is 3.40. The van der Waals surface area contributed by atoms with E-state index in [0.717, 1.165) is 28.7 Å². The molecule has 0 aliphatic rings. The van der Waals surface area contributed by atoms with Crippen molar-refractivity contribution in [2.45, 2.75) is 13.3 Å². The number of hydrogen-bond acceptors (Lipinski definition) is 4. The van der Waals surface area contributed by atoms with Crippen LogP contribution in [-0.2, 0) is 6.42 Å². The molecule has 4 rings (SSSR count). The van der Waals surface area contributed by atoms with Crippen LogP contribution in [0.5, 0.6) is 5.88 Å². The van der Waals surface area contributed by atoms with Crippen molar-refractivity contribution in [3.05, 3.63) is 84.1 Å². The highest BCUT2D eigenvalue weighted by molar-refractivity contribution is 5.84. The molecular weight excluding hydrogens is 322 g/mol. The van der Waals surface area contributed by atoms with Gasteiger partial charge in [0.2, 0.25) is 5.88 Å². The summed E-state index contributed by atoms with van der Waals surface area (Å²) in [6, 6.07) is 24.2. The van der Waals surface area contributed by atoms with Crippen LogP contribution in [0.15, 0.2) is 72.8 Å². The fourth-order valence-corrected chi connectivity index (χ4v) is 2.92. The van der Waals surface area contributed by atoms with E-state index in [1.165, 1.54) is 5.56 Å². The summed E-state index contributed by atoms with van der Waals surface area (Å²) in [5.74, 6) is 1.19. The molecule has 0 saturated heterocycles. The number of rotatable bonds is 5. The maximum Gasteiger partial charge on any atom is 0.225 e. The molecule has 0 aliphatic heterocycles.